The highest BCUT2D eigenvalue weighted by Gasteiger charge is 2.29. The number of benzene rings is 3. The van der Waals surface area contributed by atoms with Gasteiger partial charge in [-0.05, 0) is 53.8 Å². The summed E-state index contributed by atoms with van der Waals surface area (Å²) in [6.45, 7) is 3.48. The van der Waals surface area contributed by atoms with Gasteiger partial charge in [0.25, 0.3) is 0 Å². The number of anilines is 1. The summed E-state index contributed by atoms with van der Waals surface area (Å²) in [5, 5.41) is 15.4. The molecule has 28 heavy (non-hydrogen) atoms. The van der Waals surface area contributed by atoms with Crippen LogP contribution in [0, 0.1) is 6.92 Å². The van der Waals surface area contributed by atoms with Gasteiger partial charge in [-0.1, -0.05) is 48.5 Å². The maximum atomic E-state index is 12.4. The van der Waals surface area contributed by atoms with E-state index in [9.17, 15) is 9.90 Å². The van der Waals surface area contributed by atoms with Gasteiger partial charge in [0.2, 0.25) is 5.91 Å². The molecule has 0 unspecified atom stereocenters. The molecule has 0 saturated heterocycles. The first-order valence-electron chi connectivity index (χ1n) is 9.90. The van der Waals surface area contributed by atoms with Gasteiger partial charge in [0, 0.05) is 25.6 Å². The van der Waals surface area contributed by atoms with Gasteiger partial charge in [-0.15, -0.1) is 0 Å². The van der Waals surface area contributed by atoms with E-state index in [1.807, 2.05) is 13.0 Å². The number of rotatable bonds is 7. The Bertz CT molecular complexity index is 990. The van der Waals surface area contributed by atoms with Crippen molar-refractivity contribution in [3.05, 3.63) is 71.8 Å². The van der Waals surface area contributed by atoms with Gasteiger partial charge >= 0.3 is 0 Å². The Morgan fingerprint density at radius 1 is 1.11 bits per heavy atom. The number of phenolic OH excluding ortho intramolecular Hbond substituents is 1. The second-order valence-corrected chi connectivity index (χ2v) is 7.66. The number of aryl methyl sites for hydroxylation is 1. The lowest BCUT2D eigenvalue weighted by Gasteiger charge is -2.22. The van der Waals surface area contributed by atoms with E-state index in [4.69, 9.17) is 0 Å². The number of carbonyl (C=O) groups is 1. The van der Waals surface area contributed by atoms with Crippen molar-refractivity contribution in [1.82, 2.24) is 4.90 Å². The average Bonchev–Trinajstić information content (AvgIpc) is 3.53. The van der Waals surface area contributed by atoms with Crippen molar-refractivity contribution in [3.63, 3.8) is 0 Å². The number of phenols is 1. The van der Waals surface area contributed by atoms with Crippen LogP contribution in [0.3, 0.4) is 0 Å². The summed E-state index contributed by atoms with van der Waals surface area (Å²) >= 11 is 0. The van der Waals surface area contributed by atoms with E-state index in [2.05, 4.69) is 52.7 Å². The van der Waals surface area contributed by atoms with Crippen molar-refractivity contribution in [2.24, 2.45) is 0 Å². The summed E-state index contributed by atoms with van der Waals surface area (Å²) < 4.78 is 0. The summed E-state index contributed by atoms with van der Waals surface area (Å²) in [6, 6.07) is 20.7. The number of nitrogens with one attached hydrogen (secondary N) is 1. The molecule has 1 aliphatic rings. The van der Waals surface area contributed by atoms with Crippen LogP contribution in [0.2, 0.25) is 0 Å². The molecular formula is C24H26N2O2. The number of aromatic hydroxyl groups is 1. The summed E-state index contributed by atoms with van der Waals surface area (Å²) in [4.78, 5) is 14.8. The predicted octanol–water partition coefficient (Wildman–Crippen LogP) is 4.85. The van der Waals surface area contributed by atoms with Crippen molar-refractivity contribution in [3.8, 4) is 5.75 Å². The van der Waals surface area contributed by atoms with Gasteiger partial charge < -0.3 is 10.4 Å². The molecule has 4 nitrogen and oxygen atoms in total. The Hall–Kier alpha value is -2.85. The van der Waals surface area contributed by atoms with E-state index < -0.39 is 0 Å². The Morgan fingerprint density at radius 3 is 2.68 bits per heavy atom. The van der Waals surface area contributed by atoms with Crippen LogP contribution in [0.25, 0.3) is 10.8 Å². The van der Waals surface area contributed by atoms with Crippen LogP contribution in [-0.2, 0) is 11.3 Å². The number of carbonyl (C=O) groups excluding carboxylic acids is 1. The lowest BCUT2D eigenvalue weighted by Crippen LogP contribution is -2.29. The lowest BCUT2D eigenvalue weighted by atomic mass is 10.0. The Kier molecular flexibility index (Phi) is 5.31. The summed E-state index contributed by atoms with van der Waals surface area (Å²) in [5.41, 5.74) is 2.75. The zero-order valence-electron chi connectivity index (χ0n) is 16.2. The molecule has 2 N–H and O–H groups in total. The molecule has 3 aromatic carbocycles. The second-order valence-electron chi connectivity index (χ2n) is 7.66. The molecule has 0 heterocycles. The molecule has 0 aliphatic heterocycles. The van der Waals surface area contributed by atoms with Gasteiger partial charge in [-0.3, -0.25) is 9.69 Å². The van der Waals surface area contributed by atoms with E-state index in [-0.39, 0.29) is 11.7 Å². The van der Waals surface area contributed by atoms with Crippen LogP contribution in [0.1, 0.15) is 30.4 Å². The molecule has 0 bridgehead atoms. The molecule has 1 aliphatic carbocycles. The van der Waals surface area contributed by atoms with Crippen LogP contribution in [-0.4, -0.2) is 28.5 Å². The van der Waals surface area contributed by atoms with Crippen LogP contribution in [0.5, 0.6) is 5.75 Å². The molecule has 1 fully saturated rings. The first-order valence-corrected chi connectivity index (χ1v) is 9.90. The summed E-state index contributed by atoms with van der Waals surface area (Å²) in [5.74, 6) is 0.0471. The predicted molar refractivity (Wildman–Crippen MR) is 113 cm³/mol. The zero-order valence-corrected chi connectivity index (χ0v) is 16.2. The fourth-order valence-electron chi connectivity index (χ4n) is 3.68. The third-order valence-electron chi connectivity index (χ3n) is 5.37. The van der Waals surface area contributed by atoms with Gasteiger partial charge in [-0.2, -0.15) is 0 Å². The van der Waals surface area contributed by atoms with Crippen LogP contribution < -0.4 is 5.32 Å². The molecule has 0 atom stereocenters. The summed E-state index contributed by atoms with van der Waals surface area (Å²) in [6.07, 6.45) is 2.81. The Morgan fingerprint density at radius 2 is 1.89 bits per heavy atom. The van der Waals surface area contributed by atoms with Crippen molar-refractivity contribution in [2.45, 2.75) is 38.8 Å². The molecule has 0 radical (unpaired) electrons. The molecule has 144 valence electrons. The number of hydrogen-bond acceptors (Lipinski definition) is 3. The third kappa shape index (κ3) is 4.34. The number of nitrogens with zero attached hydrogens (tertiary/aromatic N) is 1. The van der Waals surface area contributed by atoms with Gasteiger partial charge in [-0.25, -0.2) is 0 Å². The molecule has 3 aromatic rings. The Balaban J connectivity index is 1.41. The first-order chi connectivity index (χ1) is 13.6. The molecule has 0 spiro atoms. The molecule has 1 saturated carbocycles. The van der Waals surface area contributed by atoms with Gasteiger partial charge in [0.15, 0.2) is 0 Å². The van der Waals surface area contributed by atoms with Crippen molar-refractivity contribution in [2.75, 3.05) is 11.9 Å². The van der Waals surface area contributed by atoms with Crippen molar-refractivity contribution >= 4 is 22.4 Å². The van der Waals surface area contributed by atoms with E-state index in [0.717, 1.165) is 12.1 Å². The number of fused-ring (bicyclic) bond motifs is 1. The monoisotopic (exact) mass is 374 g/mol. The second kappa shape index (κ2) is 8.03. The fourth-order valence-corrected chi connectivity index (χ4v) is 3.68. The van der Waals surface area contributed by atoms with E-state index >= 15 is 0 Å². The summed E-state index contributed by atoms with van der Waals surface area (Å²) in [7, 11) is 0. The molecule has 4 rings (SSSR count). The highest BCUT2D eigenvalue weighted by atomic mass is 16.3. The standard InChI is InChI=1S/C24H26N2O2/c1-17-9-12-22(23(27)15-17)25-24(28)13-14-26(20-10-11-20)16-19-7-4-6-18-5-2-3-8-21(18)19/h2-9,12,15,20,27H,10-11,13-14,16H2,1H3,(H,25,28). The maximum Gasteiger partial charge on any atom is 0.225 e. The maximum absolute atomic E-state index is 12.4. The van der Waals surface area contributed by atoms with Gasteiger partial charge in [0.1, 0.15) is 5.75 Å². The molecular weight excluding hydrogens is 348 g/mol. The van der Waals surface area contributed by atoms with E-state index in [0.29, 0.717) is 24.7 Å². The van der Waals surface area contributed by atoms with Gasteiger partial charge in [0.05, 0.1) is 5.69 Å². The van der Waals surface area contributed by atoms with Crippen molar-refractivity contribution in [1.29, 1.82) is 0 Å². The largest absolute Gasteiger partial charge is 0.506 e. The van der Waals surface area contributed by atoms with E-state index in [1.165, 1.54) is 29.2 Å². The minimum absolute atomic E-state index is 0.0669. The smallest absolute Gasteiger partial charge is 0.225 e. The fraction of sp³-hybridized carbons (Fsp3) is 0.292. The minimum atomic E-state index is -0.0669. The molecule has 1 amide bonds. The SMILES string of the molecule is Cc1ccc(NC(=O)CCN(Cc2cccc3ccccc23)C2CC2)c(O)c1. The number of amides is 1. The highest BCUT2D eigenvalue weighted by Crippen LogP contribution is 2.30. The quantitative estimate of drug-likeness (QED) is 0.582. The normalized spacial score (nSPS) is 13.8. The lowest BCUT2D eigenvalue weighted by molar-refractivity contribution is -0.116. The highest BCUT2D eigenvalue weighted by molar-refractivity contribution is 5.92. The van der Waals surface area contributed by atoms with Crippen LogP contribution in [0.4, 0.5) is 5.69 Å². The van der Waals surface area contributed by atoms with Crippen LogP contribution >= 0.6 is 0 Å². The first kappa shape index (κ1) is 18.5. The van der Waals surface area contributed by atoms with Crippen LogP contribution in [0.15, 0.2) is 60.7 Å². The van der Waals surface area contributed by atoms with E-state index in [1.54, 1.807) is 12.1 Å². The number of hydrogen-bond donors (Lipinski definition) is 2. The average molecular weight is 374 g/mol. The molecule has 0 aromatic heterocycles. The minimum Gasteiger partial charge on any atom is -0.506 e. The Labute approximate surface area is 165 Å². The topological polar surface area (TPSA) is 52.6 Å². The van der Waals surface area contributed by atoms with Crippen molar-refractivity contribution < 1.29 is 9.90 Å². The zero-order chi connectivity index (χ0) is 19.5. The third-order valence-corrected chi connectivity index (χ3v) is 5.37. The molecule has 4 heteroatoms.